The monoisotopic (exact) mass is 249 g/mol. The summed E-state index contributed by atoms with van der Waals surface area (Å²) >= 11 is 0. The summed E-state index contributed by atoms with van der Waals surface area (Å²) in [6.07, 6.45) is 7.40. The van der Waals surface area contributed by atoms with Gasteiger partial charge in [0.25, 0.3) is 5.91 Å². The molecule has 2 bridgehead atoms. The fourth-order valence-electron chi connectivity index (χ4n) is 3.30. The molecule has 3 heterocycles. The van der Waals surface area contributed by atoms with Gasteiger partial charge in [-0.3, -0.25) is 4.79 Å². The zero-order valence-electron chi connectivity index (χ0n) is 10.6. The fourth-order valence-corrected chi connectivity index (χ4v) is 3.30. The van der Waals surface area contributed by atoms with Crippen molar-refractivity contribution in [2.24, 2.45) is 0 Å². The van der Waals surface area contributed by atoms with Crippen molar-refractivity contribution in [3.63, 3.8) is 0 Å². The number of hydrogen-bond acceptors (Lipinski definition) is 4. The summed E-state index contributed by atoms with van der Waals surface area (Å²) in [6.45, 7) is 0. The van der Waals surface area contributed by atoms with E-state index in [1.807, 2.05) is 0 Å². The summed E-state index contributed by atoms with van der Waals surface area (Å²) in [4.78, 5) is 14.4. The fraction of sp³-hybridized carbons (Fsp3) is 0.750. The van der Waals surface area contributed by atoms with E-state index in [2.05, 4.69) is 32.7 Å². The van der Waals surface area contributed by atoms with Crippen molar-refractivity contribution in [1.82, 2.24) is 25.6 Å². The molecule has 18 heavy (non-hydrogen) atoms. The van der Waals surface area contributed by atoms with Gasteiger partial charge in [0.05, 0.1) is 6.20 Å². The Bertz CT molecular complexity index is 404. The van der Waals surface area contributed by atoms with Gasteiger partial charge in [-0.15, -0.1) is 0 Å². The van der Waals surface area contributed by atoms with E-state index in [1.54, 1.807) is 0 Å². The van der Waals surface area contributed by atoms with Crippen molar-refractivity contribution < 1.29 is 4.79 Å². The Morgan fingerprint density at radius 3 is 2.78 bits per heavy atom. The molecule has 0 aromatic carbocycles. The molecule has 0 aliphatic carbocycles. The molecule has 6 nitrogen and oxygen atoms in total. The van der Waals surface area contributed by atoms with Gasteiger partial charge in [-0.05, 0) is 32.7 Å². The molecule has 2 fully saturated rings. The van der Waals surface area contributed by atoms with Crippen molar-refractivity contribution in [3.05, 3.63) is 11.9 Å². The maximum Gasteiger partial charge on any atom is 0.273 e. The Morgan fingerprint density at radius 2 is 2.17 bits per heavy atom. The van der Waals surface area contributed by atoms with Crippen LogP contribution in [0.15, 0.2) is 6.20 Å². The summed E-state index contributed by atoms with van der Waals surface area (Å²) in [7, 11) is 2.21. The highest BCUT2D eigenvalue weighted by Crippen LogP contribution is 2.32. The molecule has 0 spiro atoms. The SMILES string of the molecule is CN1C2CCCC1CC(NC(=O)c1cn[nH]n1)C2. The number of carbonyl (C=O) groups excluding carboxylic acids is 1. The molecule has 1 aromatic rings. The number of amides is 1. The second-order valence-corrected chi connectivity index (χ2v) is 5.40. The standard InChI is InChI=1S/C12H19N5O/c1-17-9-3-2-4-10(17)6-8(5-9)14-12(18)11-7-13-16-15-11/h7-10H,2-6H2,1H3,(H,14,18)(H,13,15,16). The highest BCUT2D eigenvalue weighted by molar-refractivity contribution is 5.92. The van der Waals surface area contributed by atoms with E-state index in [0.717, 1.165) is 12.8 Å². The molecular formula is C12H19N5O. The number of rotatable bonds is 2. The summed E-state index contributed by atoms with van der Waals surface area (Å²) < 4.78 is 0. The third-order valence-corrected chi connectivity index (χ3v) is 4.32. The molecule has 2 N–H and O–H groups in total. The molecule has 2 unspecified atom stereocenters. The van der Waals surface area contributed by atoms with Gasteiger partial charge in [-0.2, -0.15) is 15.4 Å². The minimum atomic E-state index is -0.114. The number of aromatic amines is 1. The first kappa shape index (κ1) is 11.6. The summed E-state index contributed by atoms with van der Waals surface area (Å²) in [5.41, 5.74) is 0.374. The predicted molar refractivity (Wildman–Crippen MR) is 66.1 cm³/mol. The number of piperidine rings is 2. The van der Waals surface area contributed by atoms with Crippen molar-refractivity contribution in [3.8, 4) is 0 Å². The number of H-pyrrole nitrogens is 1. The maximum absolute atomic E-state index is 11.9. The van der Waals surface area contributed by atoms with Crippen LogP contribution in [-0.2, 0) is 0 Å². The zero-order valence-corrected chi connectivity index (χ0v) is 10.6. The Hall–Kier alpha value is -1.43. The number of fused-ring (bicyclic) bond motifs is 2. The predicted octanol–water partition coefficient (Wildman–Crippen LogP) is 0.550. The van der Waals surface area contributed by atoms with Gasteiger partial charge in [-0.1, -0.05) is 6.42 Å². The Kier molecular flexibility index (Phi) is 3.03. The van der Waals surface area contributed by atoms with Gasteiger partial charge in [-0.25, -0.2) is 0 Å². The van der Waals surface area contributed by atoms with Gasteiger partial charge in [0.2, 0.25) is 0 Å². The Labute approximate surface area is 106 Å². The molecule has 2 aliphatic rings. The van der Waals surface area contributed by atoms with Crippen LogP contribution in [0.3, 0.4) is 0 Å². The van der Waals surface area contributed by atoms with Crippen LogP contribution in [0.4, 0.5) is 0 Å². The summed E-state index contributed by atoms with van der Waals surface area (Å²) in [5.74, 6) is -0.114. The van der Waals surface area contributed by atoms with Crippen LogP contribution in [-0.4, -0.2) is 51.4 Å². The first-order chi connectivity index (χ1) is 8.74. The quantitative estimate of drug-likeness (QED) is 0.802. The van der Waals surface area contributed by atoms with Gasteiger partial charge in [0.1, 0.15) is 0 Å². The lowest BCUT2D eigenvalue weighted by Gasteiger charge is -2.47. The average molecular weight is 249 g/mol. The molecule has 1 aromatic heterocycles. The topological polar surface area (TPSA) is 73.9 Å². The van der Waals surface area contributed by atoms with Crippen LogP contribution in [0.25, 0.3) is 0 Å². The molecule has 1 amide bonds. The smallest absolute Gasteiger partial charge is 0.273 e. The van der Waals surface area contributed by atoms with E-state index in [0.29, 0.717) is 17.8 Å². The molecule has 3 rings (SSSR count). The second-order valence-electron chi connectivity index (χ2n) is 5.40. The van der Waals surface area contributed by atoms with Crippen LogP contribution >= 0.6 is 0 Å². The van der Waals surface area contributed by atoms with Gasteiger partial charge in [0, 0.05) is 18.1 Å². The van der Waals surface area contributed by atoms with E-state index in [-0.39, 0.29) is 11.9 Å². The van der Waals surface area contributed by atoms with Gasteiger partial charge < -0.3 is 10.2 Å². The first-order valence-electron chi connectivity index (χ1n) is 6.62. The van der Waals surface area contributed by atoms with Crippen molar-refractivity contribution in [1.29, 1.82) is 0 Å². The van der Waals surface area contributed by atoms with Gasteiger partial charge in [0.15, 0.2) is 5.69 Å². The highest BCUT2D eigenvalue weighted by atomic mass is 16.2. The average Bonchev–Trinajstić information content (AvgIpc) is 2.84. The molecule has 6 heteroatoms. The highest BCUT2D eigenvalue weighted by Gasteiger charge is 2.36. The molecule has 98 valence electrons. The normalized spacial score (nSPS) is 32.2. The van der Waals surface area contributed by atoms with E-state index >= 15 is 0 Å². The Morgan fingerprint density at radius 1 is 1.44 bits per heavy atom. The van der Waals surface area contributed by atoms with Crippen molar-refractivity contribution in [2.75, 3.05) is 7.05 Å². The molecular weight excluding hydrogens is 230 g/mol. The molecule has 0 saturated carbocycles. The van der Waals surface area contributed by atoms with E-state index < -0.39 is 0 Å². The molecule has 2 saturated heterocycles. The van der Waals surface area contributed by atoms with Crippen LogP contribution < -0.4 is 5.32 Å². The minimum Gasteiger partial charge on any atom is -0.348 e. The lowest BCUT2D eigenvalue weighted by atomic mass is 9.82. The molecule has 2 atom stereocenters. The molecule has 2 aliphatic heterocycles. The van der Waals surface area contributed by atoms with E-state index in [1.165, 1.54) is 25.5 Å². The lowest BCUT2D eigenvalue weighted by Crippen LogP contribution is -2.55. The van der Waals surface area contributed by atoms with E-state index in [9.17, 15) is 4.79 Å². The second kappa shape index (κ2) is 4.68. The Balaban J connectivity index is 1.63. The largest absolute Gasteiger partial charge is 0.348 e. The zero-order chi connectivity index (χ0) is 12.5. The summed E-state index contributed by atoms with van der Waals surface area (Å²) in [6, 6.07) is 1.53. The first-order valence-corrected chi connectivity index (χ1v) is 6.62. The number of nitrogens with zero attached hydrogens (tertiary/aromatic N) is 3. The van der Waals surface area contributed by atoms with Crippen molar-refractivity contribution in [2.45, 2.75) is 50.2 Å². The van der Waals surface area contributed by atoms with Crippen LogP contribution in [0, 0.1) is 0 Å². The number of carbonyl (C=O) groups is 1. The van der Waals surface area contributed by atoms with Crippen molar-refractivity contribution >= 4 is 5.91 Å². The third kappa shape index (κ3) is 2.12. The van der Waals surface area contributed by atoms with E-state index in [4.69, 9.17) is 0 Å². The number of nitrogens with one attached hydrogen (secondary N) is 2. The van der Waals surface area contributed by atoms with Crippen LogP contribution in [0.1, 0.15) is 42.6 Å². The summed E-state index contributed by atoms with van der Waals surface area (Å²) in [5, 5.41) is 13.0. The van der Waals surface area contributed by atoms with Gasteiger partial charge >= 0.3 is 0 Å². The number of hydrogen-bond donors (Lipinski definition) is 2. The third-order valence-electron chi connectivity index (χ3n) is 4.32. The number of aromatic nitrogens is 3. The lowest BCUT2D eigenvalue weighted by molar-refractivity contribution is 0.0462. The maximum atomic E-state index is 11.9. The minimum absolute atomic E-state index is 0.114. The van der Waals surface area contributed by atoms with Crippen LogP contribution in [0.5, 0.6) is 0 Å². The molecule has 0 radical (unpaired) electrons. The van der Waals surface area contributed by atoms with Crippen LogP contribution in [0.2, 0.25) is 0 Å².